The summed E-state index contributed by atoms with van der Waals surface area (Å²) >= 11 is 0. The lowest BCUT2D eigenvalue weighted by Crippen LogP contribution is -2.40. The number of phosphoric ester groups is 1. The average Bonchev–Trinajstić information content (AvgIpc) is 2.12. The van der Waals surface area contributed by atoms with Crippen molar-refractivity contribution in [2.75, 3.05) is 6.61 Å². The SMILES string of the molecule is O=CC[C@H](O)[C@@H](O)[C@H](O)COP(=O)([O-])[O-]. The summed E-state index contributed by atoms with van der Waals surface area (Å²) in [5.74, 6) is 0. The van der Waals surface area contributed by atoms with E-state index < -0.39 is 39.2 Å². The zero-order valence-electron chi connectivity index (χ0n) is 7.55. The summed E-state index contributed by atoms with van der Waals surface area (Å²) in [6.45, 7) is -0.971. The van der Waals surface area contributed by atoms with Gasteiger partial charge in [-0.15, -0.1) is 0 Å². The average molecular weight is 242 g/mol. The van der Waals surface area contributed by atoms with E-state index in [1.165, 1.54) is 0 Å². The third-order valence-electron chi connectivity index (χ3n) is 1.53. The highest BCUT2D eigenvalue weighted by molar-refractivity contribution is 7.43. The van der Waals surface area contributed by atoms with Crippen molar-refractivity contribution in [2.24, 2.45) is 0 Å². The van der Waals surface area contributed by atoms with Gasteiger partial charge in [-0.25, -0.2) is 0 Å². The van der Waals surface area contributed by atoms with Gasteiger partial charge in [-0.3, -0.25) is 0 Å². The third kappa shape index (κ3) is 6.69. The van der Waals surface area contributed by atoms with Crippen LogP contribution in [0.3, 0.4) is 0 Å². The number of phosphoric acid groups is 1. The molecule has 90 valence electrons. The van der Waals surface area contributed by atoms with E-state index in [1.807, 2.05) is 0 Å². The maximum Gasteiger partial charge on any atom is 0.122 e. The molecule has 0 aromatic rings. The number of aliphatic hydroxyl groups is 3. The van der Waals surface area contributed by atoms with Crippen LogP contribution in [-0.2, 0) is 13.9 Å². The Hall–Kier alpha value is -0.340. The number of hydrogen-bond acceptors (Lipinski definition) is 8. The molecular formula is C6H11O8P-2. The summed E-state index contributed by atoms with van der Waals surface area (Å²) in [6, 6.07) is 0. The van der Waals surface area contributed by atoms with Crippen LogP contribution in [0, 0.1) is 0 Å². The number of carbonyl (C=O) groups is 1. The number of carbonyl (C=O) groups excluding carboxylic acids is 1. The van der Waals surface area contributed by atoms with Crippen LogP contribution >= 0.6 is 7.82 Å². The highest BCUT2D eigenvalue weighted by atomic mass is 31.2. The lowest BCUT2D eigenvalue weighted by atomic mass is 10.1. The van der Waals surface area contributed by atoms with Gasteiger partial charge in [-0.05, 0) is 0 Å². The molecule has 3 N–H and O–H groups in total. The molecule has 15 heavy (non-hydrogen) atoms. The Morgan fingerprint density at radius 1 is 1.27 bits per heavy atom. The molecule has 0 heterocycles. The molecule has 0 aliphatic carbocycles. The maximum atomic E-state index is 9.99. The first-order chi connectivity index (χ1) is 6.78. The van der Waals surface area contributed by atoms with Crippen molar-refractivity contribution in [1.29, 1.82) is 0 Å². The van der Waals surface area contributed by atoms with Crippen LogP contribution < -0.4 is 9.79 Å². The Morgan fingerprint density at radius 3 is 2.20 bits per heavy atom. The van der Waals surface area contributed by atoms with Gasteiger partial charge in [0.05, 0.1) is 20.5 Å². The lowest BCUT2D eigenvalue weighted by molar-refractivity contribution is -0.343. The number of hydrogen-bond donors (Lipinski definition) is 3. The zero-order valence-corrected chi connectivity index (χ0v) is 8.45. The van der Waals surface area contributed by atoms with Gasteiger partial charge in [-0.1, -0.05) is 0 Å². The molecule has 0 bridgehead atoms. The normalized spacial score (nSPS) is 18.2. The van der Waals surface area contributed by atoms with Crippen molar-refractivity contribution in [3.8, 4) is 0 Å². The predicted molar refractivity (Wildman–Crippen MR) is 42.3 cm³/mol. The second kappa shape index (κ2) is 6.29. The summed E-state index contributed by atoms with van der Waals surface area (Å²) in [5, 5.41) is 27.1. The van der Waals surface area contributed by atoms with E-state index in [4.69, 9.17) is 15.3 Å². The third-order valence-corrected chi connectivity index (χ3v) is 1.99. The fraction of sp³-hybridized carbons (Fsp3) is 0.833. The Morgan fingerprint density at radius 2 is 1.80 bits per heavy atom. The van der Waals surface area contributed by atoms with Gasteiger partial charge in [-0.2, -0.15) is 0 Å². The summed E-state index contributed by atoms with van der Waals surface area (Å²) in [4.78, 5) is 29.9. The molecule has 3 atom stereocenters. The first-order valence-corrected chi connectivity index (χ1v) is 5.38. The van der Waals surface area contributed by atoms with E-state index in [1.54, 1.807) is 0 Å². The van der Waals surface area contributed by atoms with Crippen molar-refractivity contribution in [3.05, 3.63) is 0 Å². The molecule has 0 saturated carbocycles. The van der Waals surface area contributed by atoms with Gasteiger partial charge in [0.15, 0.2) is 0 Å². The van der Waals surface area contributed by atoms with E-state index in [9.17, 15) is 19.1 Å². The molecule has 0 unspecified atom stereocenters. The first kappa shape index (κ1) is 14.7. The molecule has 8 nitrogen and oxygen atoms in total. The molecule has 0 aliphatic heterocycles. The molecule has 0 aromatic carbocycles. The van der Waals surface area contributed by atoms with E-state index in [-0.39, 0.29) is 0 Å². The summed E-state index contributed by atoms with van der Waals surface area (Å²) in [7, 11) is -5.23. The quantitative estimate of drug-likeness (QED) is 0.307. The Kier molecular flexibility index (Phi) is 6.15. The van der Waals surface area contributed by atoms with E-state index >= 15 is 0 Å². The van der Waals surface area contributed by atoms with Gasteiger partial charge in [0.1, 0.15) is 18.5 Å². The highest BCUT2D eigenvalue weighted by Crippen LogP contribution is 2.24. The second-order valence-electron chi connectivity index (χ2n) is 2.77. The predicted octanol–water partition coefficient (Wildman–Crippen LogP) is -3.50. The molecule has 0 aromatic heterocycles. The van der Waals surface area contributed by atoms with Gasteiger partial charge in [0.25, 0.3) is 0 Å². The van der Waals surface area contributed by atoms with Crippen LogP contribution in [0.1, 0.15) is 6.42 Å². The molecule has 0 rings (SSSR count). The van der Waals surface area contributed by atoms with Gasteiger partial charge in [0.2, 0.25) is 0 Å². The Labute approximate surface area is 85.4 Å². The van der Waals surface area contributed by atoms with Crippen LogP contribution in [0.2, 0.25) is 0 Å². The smallest absolute Gasteiger partial charge is 0.122 e. The van der Waals surface area contributed by atoms with E-state index in [0.29, 0.717) is 6.29 Å². The molecule has 0 amide bonds. The number of aliphatic hydroxyl groups excluding tert-OH is 3. The molecular weight excluding hydrogens is 231 g/mol. The zero-order chi connectivity index (χ0) is 12.1. The van der Waals surface area contributed by atoms with Crippen LogP contribution in [0.15, 0.2) is 0 Å². The van der Waals surface area contributed by atoms with Gasteiger partial charge in [0, 0.05) is 6.42 Å². The van der Waals surface area contributed by atoms with E-state index in [2.05, 4.69) is 4.52 Å². The fourth-order valence-electron chi connectivity index (χ4n) is 0.761. The minimum Gasteiger partial charge on any atom is -0.790 e. The highest BCUT2D eigenvalue weighted by Gasteiger charge is 2.24. The standard InChI is InChI=1S/C6H13O8P/c7-2-1-4(8)6(10)5(9)3-14-15(11,12)13/h2,4-6,8-10H,1,3H2,(H2,11,12,13)/p-2/t4-,5+,6+/m0/s1. The van der Waals surface area contributed by atoms with Gasteiger partial charge >= 0.3 is 0 Å². The fourth-order valence-corrected chi connectivity index (χ4v) is 1.10. The summed E-state index contributed by atoms with van der Waals surface area (Å²) < 4.78 is 13.7. The van der Waals surface area contributed by atoms with Crippen molar-refractivity contribution < 1.29 is 39.0 Å². The lowest BCUT2D eigenvalue weighted by Gasteiger charge is -2.31. The first-order valence-electron chi connectivity index (χ1n) is 3.92. The summed E-state index contributed by atoms with van der Waals surface area (Å²) in [6.07, 6.45) is -5.19. The van der Waals surface area contributed by atoms with Crippen LogP contribution in [0.25, 0.3) is 0 Å². The largest absolute Gasteiger partial charge is 0.790 e. The molecule has 0 aliphatic rings. The van der Waals surface area contributed by atoms with Crippen molar-refractivity contribution in [2.45, 2.75) is 24.7 Å². The molecule has 0 saturated heterocycles. The van der Waals surface area contributed by atoms with Crippen LogP contribution in [0.4, 0.5) is 0 Å². The van der Waals surface area contributed by atoms with Crippen LogP contribution in [-0.4, -0.2) is 46.5 Å². The van der Waals surface area contributed by atoms with Gasteiger partial charge < -0.3 is 39.0 Å². The number of rotatable bonds is 7. The van der Waals surface area contributed by atoms with Crippen molar-refractivity contribution in [1.82, 2.24) is 0 Å². The molecule has 0 fully saturated rings. The molecule has 0 spiro atoms. The molecule has 9 heteroatoms. The van der Waals surface area contributed by atoms with Crippen LogP contribution in [0.5, 0.6) is 0 Å². The van der Waals surface area contributed by atoms with E-state index in [0.717, 1.165) is 0 Å². The Bertz CT molecular complexity index is 237. The topological polar surface area (TPSA) is 150 Å². The second-order valence-corrected chi connectivity index (χ2v) is 3.92. The molecule has 0 radical (unpaired) electrons. The maximum absolute atomic E-state index is 9.99. The minimum atomic E-state index is -5.23. The monoisotopic (exact) mass is 242 g/mol. The van der Waals surface area contributed by atoms with Crippen molar-refractivity contribution >= 4 is 14.1 Å². The Balaban J connectivity index is 4.03. The number of aldehydes is 1. The minimum absolute atomic E-state index is 0.313. The van der Waals surface area contributed by atoms with Crippen molar-refractivity contribution in [3.63, 3.8) is 0 Å². The summed E-state index contributed by atoms with van der Waals surface area (Å²) in [5.41, 5.74) is 0.